The number of hydrogen-bond donors (Lipinski definition) is 1. The molecule has 0 atom stereocenters. The first-order chi connectivity index (χ1) is 9.31. The number of terminal acetylenes is 1. The first kappa shape index (κ1) is 13.4. The van der Waals surface area contributed by atoms with Crippen LogP contribution in [0.5, 0.6) is 0 Å². The zero-order chi connectivity index (χ0) is 13.5. The van der Waals surface area contributed by atoms with Crippen molar-refractivity contribution < 1.29 is 4.79 Å². The van der Waals surface area contributed by atoms with Crippen LogP contribution in [0.25, 0.3) is 0 Å². The standard InChI is InChI=1S/C15H19N3O/c1-2-8-16-13-15(19)18-11-9-17(10-12-18)14-6-4-3-5-7-14/h1,3-7,16H,8-13H2. The molecule has 1 aliphatic rings. The summed E-state index contributed by atoms with van der Waals surface area (Å²) >= 11 is 0. The molecule has 0 aliphatic carbocycles. The van der Waals surface area contributed by atoms with Crippen LogP contribution in [0.15, 0.2) is 30.3 Å². The number of amides is 1. The number of carbonyl (C=O) groups excluding carboxylic acids is 1. The van der Waals surface area contributed by atoms with Gasteiger partial charge < -0.3 is 9.80 Å². The molecule has 2 rings (SSSR count). The number of para-hydroxylation sites is 1. The molecule has 1 saturated heterocycles. The Hall–Kier alpha value is -1.99. The summed E-state index contributed by atoms with van der Waals surface area (Å²) in [6, 6.07) is 10.3. The second kappa shape index (κ2) is 6.81. The Morgan fingerprint density at radius 2 is 1.89 bits per heavy atom. The zero-order valence-electron chi connectivity index (χ0n) is 11.0. The van der Waals surface area contributed by atoms with Crippen molar-refractivity contribution in [1.29, 1.82) is 0 Å². The molecule has 19 heavy (non-hydrogen) atoms. The van der Waals surface area contributed by atoms with Crippen molar-refractivity contribution in [3.63, 3.8) is 0 Å². The zero-order valence-corrected chi connectivity index (χ0v) is 11.0. The fraction of sp³-hybridized carbons (Fsp3) is 0.400. The molecule has 1 aromatic carbocycles. The summed E-state index contributed by atoms with van der Waals surface area (Å²) < 4.78 is 0. The summed E-state index contributed by atoms with van der Waals surface area (Å²) in [6.07, 6.45) is 5.13. The lowest BCUT2D eigenvalue weighted by Gasteiger charge is -2.36. The van der Waals surface area contributed by atoms with Crippen LogP contribution < -0.4 is 10.2 Å². The predicted molar refractivity (Wildman–Crippen MR) is 76.9 cm³/mol. The first-order valence-electron chi connectivity index (χ1n) is 6.53. The summed E-state index contributed by atoms with van der Waals surface area (Å²) in [6.45, 7) is 4.07. The SMILES string of the molecule is C#CCNCC(=O)N1CCN(c2ccccc2)CC1. The summed E-state index contributed by atoms with van der Waals surface area (Å²) in [4.78, 5) is 16.1. The first-order valence-corrected chi connectivity index (χ1v) is 6.53. The van der Waals surface area contributed by atoms with Crippen molar-refractivity contribution >= 4 is 11.6 Å². The molecule has 0 spiro atoms. The molecule has 0 saturated carbocycles. The third-order valence-electron chi connectivity index (χ3n) is 3.26. The molecule has 1 amide bonds. The van der Waals surface area contributed by atoms with Gasteiger partial charge in [-0.25, -0.2) is 0 Å². The highest BCUT2D eigenvalue weighted by Gasteiger charge is 2.20. The van der Waals surface area contributed by atoms with E-state index in [1.807, 2.05) is 23.1 Å². The van der Waals surface area contributed by atoms with Crippen LogP contribution in [-0.4, -0.2) is 50.1 Å². The molecule has 4 heteroatoms. The van der Waals surface area contributed by atoms with E-state index in [1.54, 1.807) is 0 Å². The second-order valence-electron chi connectivity index (χ2n) is 4.51. The van der Waals surface area contributed by atoms with Crippen molar-refractivity contribution in [2.45, 2.75) is 0 Å². The highest BCUT2D eigenvalue weighted by Crippen LogP contribution is 2.15. The minimum absolute atomic E-state index is 0.128. The number of benzene rings is 1. The van der Waals surface area contributed by atoms with Gasteiger partial charge in [0.25, 0.3) is 0 Å². The molecule has 4 nitrogen and oxygen atoms in total. The molecule has 100 valence electrons. The monoisotopic (exact) mass is 257 g/mol. The summed E-state index contributed by atoms with van der Waals surface area (Å²) in [7, 11) is 0. The van der Waals surface area contributed by atoms with E-state index in [0.717, 1.165) is 26.2 Å². The van der Waals surface area contributed by atoms with E-state index in [0.29, 0.717) is 13.1 Å². The number of carbonyl (C=O) groups is 1. The fourth-order valence-electron chi connectivity index (χ4n) is 2.21. The Morgan fingerprint density at radius 3 is 2.53 bits per heavy atom. The summed E-state index contributed by atoms with van der Waals surface area (Å²) in [5.41, 5.74) is 1.22. The molecule has 1 heterocycles. The number of nitrogens with zero attached hydrogens (tertiary/aromatic N) is 2. The minimum atomic E-state index is 0.128. The molecule has 0 unspecified atom stereocenters. The van der Waals surface area contributed by atoms with E-state index in [1.165, 1.54) is 5.69 Å². The van der Waals surface area contributed by atoms with Crippen LogP contribution in [0.2, 0.25) is 0 Å². The number of nitrogens with one attached hydrogen (secondary N) is 1. The van der Waals surface area contributed by atoms with Gasteiger partial charge in [-0.2, -0.15) is 0 Å². The molecule has 1 fully saturated rings. The average molecular weight is 257 g/mol. The van der Waals surface area contributed by atoms with Gasteiger partial charge in [0.2, 0.25) is 5.91 Å². The highest BCUT2D eigenvalue weighted by atomic mass is 16.2. The smallest absolute Gasteiger partial charge is 0.236 e. The van der Waals surface area contributed by atoms with Gasteiger partial charge in [0.05, 0.1) is 13.1 Å². The predicted octanol–water partition coefficient (Wildman–Crippen LogP) is 0.558. The quantitative estimate of drug-likeness (QED) is 0.632. The van der Waals surface area contributed by atoms with Gasteiger partial charge >= 0.3 is 0 Å². The van der Waals surface area contributed by atoms with Crippen molar-refractivity contribution in [3.05, 3.63) is 30.3 Å². The van der Waals surface area contributed by atoms with Gasteiger partial charge in [-0.15, -0.1) is 6.42 Å². The third-order valence-corrected chi connectivity index (χ3v) is 3.26. The number of hydrogen-bond acceptors (Lipinski definition) is 3. The Kier molecular flexibility index (Phi) is 4.82. The minimum Gasteiger partial charge on any atom is -0.368 e. The van der Waals surface area contributed by atoms with Crippen molar-refractivity contribution in [3.8, 4) is 12.3 Å². The van der Waals surface area contributed by atoms with Gasteiger partial charge in [0.1, 0.15) is 0 Å². The molecular formula is C15H19N3O. The van der Waals surface area contributed by atoms with Crippen LogP contribution in [0.4, 0.5) is 5.69 Å². The Morgan fingerprint density at radius 1 is 1.21 bits per heavy atom. The number of piperazine rings is 1. The fourth-order valence-corrected chi connectivity index (χ4v) is 2.21. The maximum atomic E-state index is 11.9. The van der Waals surface area contributed by atoms with E-state index in [-0.39, 0.29) is 5.91 Å². The van der Waals surface area contributed by atoms with E-state index in [4.69, 9.17) is 6.42 Å². The van der Waals surface area contributed by atoms with Gasteiger partial charge in [0.15, 0.2) is 0 Å². The van der Waals surface area contributed by atoms with Crippen LogP contribution in [-0.2, 0) is 4.79 Å². The average Bonchev–Trinajstić information content (AvgIpc) is 2.48. The lowest BCUT2D eigenvalue weighted by atomic mass is 10.2. The summed E-state index contributed by atoms with van der Waals surface area (Å²) in [5, 5.41) is 2.93. The normalized spacial score (nSPS) is 15.1. The van der Waals surface area contributed by atoms with E-state index < -0.39 is 0 Å². The molecule has 0 aromatic heterocycles. The van der Waals surface area contributed by atoms with Crippen LogP contribution in [0.3, 0.4) is 0 Å². The molecule has 0 bridgehead atoms. The van der Waals surface area contributed by atoms with Crippen LogP contribution in [0, 0.1) is 12.3 Å². The van der Waals surface area contributed by atoms with E-state index >= 15 is 0 Å². The lowest BCUT2D eigenvalue weighted by Crippen LogP contribution is -2.50. The van der Waals surface area contributed by atoms with E-state index in [2.05, 4.69) is 28.3 Å². The third kappa shape index (κ3) is 3.73. The highest BCUT2D eigenvalue weighted by molar-refractivity contribution is 5.78. The Bertz CT molecular complexity index is 444. The van der Waals surface area contributed by atoms with Gasteiger partial charge in [-0.3, -0.25) is 10.1 Å². The lowest BCUT2D eigenvalue weighted by molar-refractivity contribution is -0.130. The maximum Gasteiger partial charge on any atom is 0.236 e. The Labute approximate surface area is 114 Å². The van der Waals surface area contributed by atoms with Crippen molar-refractivity contribution in [2.75, 3.05) is 44.2 Å². The molecule has 1 aliphatic heterocycles. The molecule has 1 N–H and O–H groups in total. The van der Waals surface area contributed by atoms with Gasteiger partial charge in [-0.1, -0.05) is 24.1 Å². The molecule has 0 radical (unpaired) electrons. The topological polar surface area (TPSA) is 35.6 Å². The maximum absolute atomic E-state index is 11.9. The largest absolute Gasteiger partial charge is 0.368 e. The van der Waals surface area contributed by atoms with Crippen molar-refractivity contribution in [2.24, 2.45) is 0 Å². The van der Waals surface area contributed by atoms with E-state index in [9.17, 15) is 4.79 Å². The number of rotatable bonds is 4. The molecular weight excluding hydrogens is 238 g/mol. The van der Waals surface area contributed by atoms with Crippen LogP contribution >= 0.6 is 0 Å². The van der Waals surface area contributed by atoms with Gasteiger partial charge in [-0.05, 0) is 12.1 Å². The second-order valence-corrected chi connectivity index (χ2v) is 4.51. The molecule has 1 aromatic rings. The Balaban J connectivity index is 1.79. The number of anilines is 1. The summed E-state index contributed by atoms with van der Waals surface area (Å²) in [5.74, 6) is 2.59. The van der Waals surface area contributed by atoms with Gasteiger partial charge in [0, 0.05) is 31.9 Å². The van der Waals surface area contributed by atoms with Crippen molar-refractivity contribution in [1.82, 2.24) is 10.2 Å². The van der Waals surface area contributed by atoms with Crippen LogP contribution in [0.1, 0.15) is 0 Å².